The molecule has 1 fully saturated rings. The SMILES string of the molecule is c1nc(NCCc2ccc3c(c2)OCO3)c2ncn(C3CCCC3)c2n1. The molecule has 2 aromatic heterocycles. The summed E-state index contributed by atoms with van der Waals surface area (Å²) in [5.41, 5.74) is 2.98. The Morgan fingerprint density at radius 1 is 1.08 bits per heavy atom. The van der Waals surface area contributed by atoms with E-state index in [1.54, 1.807) is 6.33 Å². The Kier molecular flexibility index (Phi) is 3.84. The number of fused-ring (bicyclic) bond motifs is 2. The highest BCUT2D eigenvalue weighted by Gasteiger charge is 2.20. The summed E-state index contributed by atoms with van der Waals surface area (Å²) in [6.45, 7) is 1.07. The molecule has 26 heavy (non-hydrogen) atoms. The molecule has 7 heteroatoms. The van der Waals surface area contributed by atoms with Crippen LogP contribution in [0.15, 0.2) is 30.9 Å². The summed E-state index contributed by atoms with van der Waals surface area (Å²) in [5, 5.41) is 3.41. The predicted molar refractivity (Wildman–Crippen MR) is 97.6 cm³/mol. The Morgan fingerprint density at radius 2 is 1.96 bits per heavy atom. The van der Waals surface area contributed by atoms with Crippen molar-refractivity contribution in [2.75, 3.05) is 18.7 Å². The topological polar surface area (TPSA) is 74.1 Å². The monoisotopic (exact) mass is 351 g/mol. The molecule has 0 radical (unpaired) electrons. The van der Waals surface area contributed by atoms with Crippen molar-refractivity contribution in [1.82, 2.24) is 19.5 Å². The smallest absolute Gasteiger partial charge is 0.231 e. The lowest BCUT2D eigenvalue weighted by Gasteiger charge is -2.11. The molecule has 1 aliphatic carbocycles. The fourth-order valence-corrected chi connectivity index (χ4v) is 3.85. The molecular weight excluding hydrogens is 330 g/mol. The summed E-state index contributed by atoms with van der Waals surface area (Å²) in [6.07, 6.45) is 9.40. The van der Waals surface area contributed by atoms with Crippen LogP contribution in [0.2, 0.25) is 0 Å². The third kappa shape index (κ3) is 2.73. The number of anilines is 1. The minimum atomic E-state index is 0.305. The molecular formula is C19H21N5O2. The first kappa shape index (κ1) is 15.4. The van der Waals surface area contributed by atoms with Gasteiger partial charge in [-0.3, -0.25) is 0 Å². The standard InChI is InChI=1S/C19H21N5O2/c1-2-4-14(3-1)24-11-23-17-18(21-10-22-19(17)24)20-8-7-13-5-6-15-16(9-13)26-12-25-15/h5-6,9-11,14H,1-4,7-8,12H2,(H,20,21,22). The van der Waals surface area contributed by atoms with Crippen molar-refractivity contribution in [3.63, 3.8) is 0 Å². The number of aromatic nitrogens is 4. The van der Waals surface area contributed by atoms with Gasteiger partial charge in [-0.2, -0.15) is 0 Å². The third-order valence-electron chi connectivity index (χ3n) is 5.22. The van der Waals surface area contributed by atoms with Crippen LogP contribution in [0.25, 0.3) is 11.2 Å². The van der Waals surface area contributed by atoms with Crippen molar-refractivity contribution < 1.29 is 9.47 Å². The Bertz CT molecular complexity index is 933. The van der Waals surface area contributed by atoms with Gasteiger partial charge in [-0.1, -0.05) is 18.9 Å². The van der Waals surface area contributed by atoms with E-state index >= 15 is 0 Å². The van der Waals surface area contributed by atoms with Crippen LogP contribution in [0.3, 0.4) is 0 Å². The van der Waals surface area contributed by atoms with E-state index in [2.05, 4.69) is 30.9 Å². The molecule has 1 saturated carbocycles. The number of imidazole rings is 1. The first-order valence-corrected chi connectivity index (χ1v) is 9.18. The van der Waals surface area contributed by atoms with Crippen molar-refractivity contribution in [3.05, 3.63) is 36.4 Å². The lowest BCUT2D eigenvalue weighted by molar-refractivity contribution is 0.174. The Morgan fingerprint density at radius 3 is 2.88 bits per heavy atom. The molecule has 2 aliphatic rings. The molecule has 7 nitrogen and oxygen atoms in total. The van der Waals surface area contributed by atoms with Gasteiger partial charge in [-0.05, 0) is 37.0 Å². The summed E-state index contributed by atoms with van der Waals surface area (Å²) in [5.74, 6) is 2.44. The zero-order chi connectivity index (χ0) is 17.3. The Hall–Kier alpha value is -2.83. The van der Waals surface area contributed by atoms with Crippen LogP contribution in [0.4, 0.5) is 5.82 Å². The molecule has 0 spiro atoms. The second-order valence-corrected chi connectivity index (χ2v) is 6.85. The minimum Gasteiger partial charge on any atom is -0.454 e. The average molecular weight is 351 g/mol. The van der Waals surface area contributed by atoms with Crippen molar-refractivity contribution >= 4 is 17.0 Å². The van der Waals surface area contributed by atoms with Crippen LogP contribution in [0.5, 0.6) is 11.5 Å². The van der Waals surface area contributed by atoms with Crippen LogP contribution >= 0.6 is 0 Å². The van der Waals surface area contributed by atoms with E-state index in [9.17, 15) is 0 Å². The molecule has 3 aromatic rings. The van der Waals surface area contributed by atoms with E-state index < -0.39 is 0 Å². The molecule has 1 aromatic carbocycles. The van der Waals surface area contributed by atoms with E-state index in [1.165, 1.54) is 31.2 Å². The fourth-order valence-electron chi connectivity index (χ4n) is 3.85. The second kappa shape index (κ2) is 6.48. The van der Waals surface area contributed by atoms with E-state index in [4.69, 9.17) is 9.47 Å². The van der Waals surface area contributed by atoms with Crippen LogP contribution in [-0.4, -0.2) is 32.9 Å². The number of hydrogen-bond donors (Lipinski definition) is 1. The molecule has 0 atom stereocenters. The number of benzene rings is 1. The fraction of sp³-hybridized carbons (Fsp3) is 0.421. The van der Waals surface area contributed by atoms with Crippen LogP contribution in [-0.2, 0) is 6.42 Å². The largest absolute Gasteiger partial charge is 0.454 e. The van der Waals surface area contributed by atoms with Gasteiger partial charge in [0, 0.05) is 12.6 Å². The van der Waals surface area contributed by atoms with Crippen molar-refractivity contribution in [3.8, 4) is 11.5 Å². The maximum Gasteiger partial charge on any atom is 0.231 e. The van der Waals surface area contributed by atoms with Gasteiger partial charge in [0.05, 0.1) is 6.33 Å². The highest BCUT2D eigenvalue weighted by Crippen LogP contribution is 2.33. The molecule has 0 saturated heterocycles. The predicted octanol–water partition coefficient (Wildman–Crippen LogP) is 3.32. The summed E-state index contributed by atoms with van der Waals surface area (Å²) in [7, 11) is 0. The number of nitrogens with zero attached hydrogens (tertiary/aromatic N) is 4. The van der Waals surface area contributed by atoms with Crippen LogP contribution < -0.4 is 14.8 Å². The molecule has 0 bridgehead atoms. The maximum absolute atomic E-state index is 5.44. The molecule has 3 heterocycles. The summed E-state index contributed by atoms with van der Waals surface area (Å²) in [6, 6.07) is 6.59. The van der Waals surface area contributed by atoms with Gasteiger partial charge in [0.2, 0.25) is 6.79 Å². The zero-order valence-corrected chi connectivity index (χ0v) is 14.5. The van der Waals surface area contributed by atoms with E-state index in [-0.39, 0.29) is 0 Å². The molecule has 1 N–H and O–H groups in total. The number of hydrogen-bond acceptors (Lipinski definition) is 6. The minimum absolute atomic E-state index is 0.305. The van der Waals surface area contributed by atoms with Gasteiger partial charge in [-0.15, -0.1) is 0 Å². The van der Waals surface area contributed by atoms with Gasteiger partial charge in [0.15, 0.2) is 23.0 Å². The van der Waals surface area contributed by atoms with Crippen LogP contribution in [0.1, 0.15) is 37.3 Å². The quantitative estimate of drug-likeness (QED) is 0.760. The summed E-state index contributed by atoms with van der Waals surface area (Å²) < 4.78 is 13.0. The van der Waals surface area contributed by atoms with Gasteiger partial charge in [-0.25, -0.2) is 15.0 Å². The lowest BCUT2D eigenvalue weighted by Crippen LogP contribution is -2.08. The van der Waals surface area contributed by atoms with Crippen molar-refractivity contribution in [2.24, 2.45) is 0 Å². The van der Waals surface area contributed by atoms with Gasteiger partial charge < -0.3 is 19.4 Å². The first-order chi connectivity index (χ1) is 12.9. The summed E-state index contributed by atoms with van der Waals surface area (Å²) >= 11 is 0. The average Bonchev–Trinajstić information content (AvgIpc) is 3.41. The van der Waals surface area contributed by atoms with Crippen LogP contribution in [0, 0.1) is 0 Å². The molecule has 1 aliphatic heterocycles. The highest BCUT2D eigenvalue weighted by atomic mass is 16.7. The lowest BCUT2D eigenvalue weighted by atomic mass is 10.1. The van der Waals surface area contributed by atoms with Gasteiger partial charge in [0.1, 0.15) is 11.8 Å². The van der Waals surface area contributed by atoms with E-state index in [0.29, 0.717) is 12.8 Å². The zero-order valence-electron chi connectivity index (χ0n) is 14.5. The second-order valence-electron chi connectivity index (χ2n) is 6.85. The van der Waals surface area contributed by atoms with Crippen molar-refractivity contribution in [2.45, 2.75) is 38.1 Å². The highest BCUT2D eigenvalue weighted by molar-refractivity contribution is 5.82. The Balaban J connectivity index is 1.30. The molecule has 0 amide bonds. The number of rotatable bonds is 5. The maximum atomic E-state index is 5.44. The first-order valence-electron chi connectivity index (χ1n) is 9.18. The van der Waals surface area contributed by atoms with Crippen molar-refractivity contribution in [1.29, 1.82) is 0 Å². The molecule has 0 unspecified atom stereocenters. The molecule has 134 valence electrons. The normalized spacial score (nSPS) is 16.5. The van der Waals surface area contributed by atoms with E-state index in [1.807, 2.05) is 18.5 Å². The number of nitrogens with one attached hydrogen (secondary N) is 1. The summed E-state index contributed by atoms with van der Waals surface area (Å²) in [4.78, 5) is 13.4. The van der Waals surface area contributed by atoms with Gasteiger partial charge in [0.25, 0.3) is 0 Å². The number of ether oxygens (including phenoxy) is 2. The molecule has 5 rings (SSSR count). The Labute approximate surface area is 151 Å². The third-order valence-corrected chi connectivity index (χ3v) is 5.22. The van der Waals surface area contributed by atoms with E-state index in [0.717, 1.165) is 41.4 Å². The van der Waals surface area contributed by atoms with Gasteiger partial charge >= 0.3 is 0 Å².